The third kappa shape index (κ3) is 3.39. The van der Waals surface area contributed by atoms with Gasteiger partial charge in [0.15, 0.2) is 0 Å². The quantitative estimate of drug-likeness (QED) is 0.507. The number of anilines is 1. The molecular weight excluding hydrogens is 258 g/mol. The topological polar surface area (TPSA) is 26.0 Å². The third-order valence-corrected chi connectivity index (χ3v) is 3.63. The fourth-order valence-electron chi connectivity index (χ4n) is 0.933. The van der Waals surface area contributed by atoms with Crippen LogP contribution in [0.4, 0.5) is 5.69 Å². The summed E-state index contributed by atoms with van der Waals surface area (Å²) in [5, 5.41) is 0. The van der Waals surface area contributed by atoms with E-state index in [9.17, 15) is 0 Å². The molecule has 0 atom stereocenters. The van der Waals surface area contributed by atoms with Crippen LogP contribution in [-0.2, 0) is 0 Å². The Morgan fingerprint density at radius 1 is 1.57 bits per heavy atom. The number of thioether (sulfide) groups is 1. The van der Waals surface area contributed by atoms with Gasteiger partial charge in [0.25, 0.3) is 0 Å². The first-order valence-corrected chi connectivity index (χ1v) is 6.25. The minimum absolute atomic E-state index is 0.827. The second-order valence-corrected chi connectivity index (χ2v) is 5.01. The average molecular weight is 272 g/mol. The molecule has 1 rings (SSSR count). The molecule has 0 saturated heterocycles. The van der Waals surface area contributed by atoms with Gasteiger partial charge in [-0.05, 0) is 24.6 Å². The van der Waals surface area contributed by atoms with Crippen molar-refractivity contribution in [3.63, 3.8) is 0 Å². The maximum absolute atomic E-state index is 5.87. The van der Waals surface area contributed by atoms with E-state index in [1.54, 1.807) is 11.8 Å². The zero-order valence-electron chi connectivity index (χ0n) is 8.22. The predicted molar refractivity (Wildman–Crippen MR) is 68.7 cm³/mol. The van der Waals surface area contributed by atoms with Gasteiger partial charge in [0.2, 0.25) is 0 Å². The lowest BCUT2D eigenvalue weighted by Gasteiger charge is -2.06. The van der Waals surface area contributed by atoms with Crippen LogP contribution >= 0.6 is 27.7 Å². The van der Waals surface area contributed by atoms with Gasteiger partial charge in [-0.25, -0.2) is 0 Å². The van der Waals surface area contributed by atoms with Crippen molar-refractivity contribution < 1.29 is 0 Å². The molecule has 14 heavy (non-hydrogen) atoms. The lowest BCUT2D eigenvalue weighted by atomic mass is 10.3. The third-order valence-electron chi connectivity index (χ3n) is 1.90. The highest BCUT2D eigenvalue weighted by Gasteiger charge is 2.01. The number of hydrogen-bond donors (Lipinski definition) is 1. The van der Waals surface area contributed by atoms with Gasteiger partial charge in [-0.3, -0.25) is 0 Å². The molecule has 0 heterocycles. The van der Waals surface area contributed by atoms with E-state index in [-0.39, 0.29) is 0 Å². The first-order chi connectivity index (χ1) is 6.63. The Morgan fingerprint density at radius 3 is 2.86 bits per heavy atom. The van der Waals surface area contributed by atoms with E-state index in [1.807, 2.05) is 18.2 Å². The molecule has 1 aromatic carbocycles. The molecule has 0 saturated carbocycles. The molecule has 0 aliphatic rings. The van der Waals surface area contributed by atoms with Crippen molar-refractivity contribution in [1.82, 2.24) is 0 Å². The molecular formula is C11H14BrNS. The summed E-state index contributed by atoms with van der Waals surface area (Å²) in [5.74, 6) is 0.947. The zero-order valence-corrected chi connectivity index (χ0v) is 10.6. The Bertz CT molecular complexity index is 336. The van der Waals surface area contributed by atoms with Gasteiger partial charge in [0.1, 0.15) is 0 Å². The summed E-state index contributed by atoms with van der Waals surface area (Å²) in [6.07, 6.45) is 1.03. The van der Waals surface area contributed by atoms with E-state index >= 15 is 0 Å². The number of benzene rings is 1. The summed E-state index contributed by atoms with van der Waals surface area (Å²) in [5.41, 5.74) is 7.94. The van der Waals surface area contributed by atoms with Crippen molar-refractivity contribution in [3.05, 3.63) is 34.8 Å². The highest BCUT2D eigenvalue weighted by atomic mass is 79.9. The van der Waals surface area contributed by atoms with Gasteiger partial charge < -0.3 is 5.73 Å². The molecule has 0 radical (unpaired) electrons. The molecule has 3 heteroatoms. The predicted octanol–water partition coefficient (Wildman–Crippen LogP) is 4.09. The lowest BCUT2D eigenvalue weighted by molar-refractivity contribution is 1.12. The molecule has 0 aliphatic carbocycles. The summed E-state index contributed by atoms with van der Waals surface area (Å²) in [6, 6.07) is 5.97. The molecule has 0 bridgehead atoms. The molecule has 1 nitrogen and oxygen atoms in total. The van der Waals surface area contributed by atoms with Crippen LogP contribution in [0.1, 0.15) is 13.3 Å². The van der Waals surface area contributed by atoms with Gasteiger partial charge in [-0.2, -0.15) is 0 Å². The van der Waals surface area contributed by atoms with E-state index in [2.05, 4.69) is 29.4 Å². The van der Waals surface area contributed by atoms with Crippen LogP contribution in [0.25, 0.3) is 0 Å². The molecule has 0 spiro atoms. The fourth-order valence-corrected chi connectivity index (χ4v) is 2.27. The normalized spacial score (nSPS) is 10.1. The Kier molecular flexibility index (Phi) is 4.55. The van der Waals surface area contributed by atoms with Crippen molar-refractivity contribution >= 4 is 33.4 Å². The SMILES string of the molecule is C=C(CC)CSc1ccc(Br)cc1N. The second kappa shape index (κ2) is 5.47. The van der Waals surface area contributed by atoms with E-state index in [0.29, 0.717) is 0 Å². The molecule has 0 amide bonds. The van der Waals surface area contributed by atoms with Crippen LogP contribution in [-0.4, -0.2) is 5.75 Å². The number of nitrogen functional groups attached to an aromatic ring is 1. The van der Waals surface area contributed by atoms with E-state index in [0.717, 1.165) is 27.2 Å². The van der Waals surface area contributed by atoms with Crippen molar-refractivity contribution in [2.75, 3.05) is 11.5 Å². The van der Waals surface area contributed by atoms with Gasteiger partial charge >= 0.3 is 0 Å². The summed E-state index contributed by atoms with van der Waals surface area (Å²) in [4.78, 5) is 1.13. The van der Waals surface area contributed by atoms with Gasteiger partial charge in [-0.15, -0.1) is 11.8 Å². The van der Waals surface area contributed by atoms with Crippen molar-refractivity contribution in [2.24, 2.45) is 0 Å². The minimum atomic E-state index is 0.827. The summed E-state index contributed by atoms with van der Waals surface area (Å²) < 4.78 is 1.02. The van der Waals surface area contributed by atoms with Crippen molar-refractivity contribution in [1.29, 1.82) is 0 Å². The van der Waals surface area contributed by atoms with Crippen molar-refractivity contribution in [3.8, 4) is 0 Å². The monoisotopic (exact) mass is 271 g/mol. The molecule has 0 fully saturated rings. The number of rotatable bonds is 4. The Morgan fingerprint density at radius 2 is 2.29 bits per heavy atom. The highest BCUT2D eigenvalue weighted by Crippen LogP contribution is 2.29. The molecule has 2 N–H and O–H groups in total. The van der Waals surface area contributed by atoms with Crippen molar-refractivity contribution in [2.45, 2.75) is 18.2 Å². The average Bonchev–Trinajstić information content (AvgIpc) is 2.16. The largest absolute Gasteiger partial charge is 0.398 e. The first-order valence-electron chi connectivity index (χ1n) is 4.48. The summed E-state index contributed by atoms with van der Waals surface area (Å²) in [7, 11) is 0. The van der Waals surface area contributed by atoms with Crippen LogP contribution in [0.15, 0.2) is 39.7 Å². The van der Waals surface area contributed by atoms with Crippen LogP contribution in [0.2, 0.25) is 0 Å². The van der Waals surface area contributed by atoms with Crippen LogP contribution in [0.3, 0.4) is 0 Å². The van der Waals surface area contributed by atoms with E-state index < -0.39 is 0 Å². The Labute approximate surface area is 97.9 Å². The molecule has 1 aromatic rings. The highest BCUT2D eigenvalue weighted by molar-refractivity contribution is 9.10. The standard InChI is InChI=1S/C11H14BrNS/c1-3-8(2)7-14-11-5-4-9(12)6-10(11)13/h4-6H,2-3,7,13H2,1H3. The van der Waals surface area contributed by atoms with E-state index in [4.69, 9.17) is 5.73 Å². The van der Waals surface area contributed by atoms with Crippen LogP contribution in [0.5, 0.6) is 0 Å². The maximum atomic E-state index is 5.87. The van der Waals surface area contributed by atoms with Gasteiger partial charge in [0.05, 0.1) is 0 Å². The number of nitrogens with two attached hydrogens (primary N) is 1. The number of halogens is 1. The minimum Gasteiger partial charge on any atom is -0.398 e. The summed E-state index contributed by atoms with van der Waals surface area (Å²) in [6.45, 7) is 6.08. The Hall–Kier alpha value is -0.410. The number of hydrogen-bond acceptors (Lipinski definition) is 2. The van der Waals surface area contributed by atoms with Gasteiger partial charge in [-0.1, -0.05) is 35.0 Å². The van der Waals surface area contributed by atoms with Crippen LogP contribution < -0.4 is 5.73 Å². The fraction of sp³-hybridized carbons (Fsp3) is 0.273. The van der Waals surface area contributed by atoms with Crippen LogP contribution in [0, 0.1) is 0 Å². The second-order valence-electron chi connectivity index (χ2n) is 3.07. The molecule has 0 unspecified atom stereocenters. The van der Waals surface area contributed by atoms with E-state index in [1.165, 1.54) is 5.57 Å². The summed E-state index contributed by atoms with van der Waals surface area (Å²) >= 11 is 5.13. The molecule has 76 valence electrons. The maximum Gasteiger partial charge on any atom is 0.0463 e. The Balaban J connectivity index is 2.63. The zero-order chi connectivity index (χ0) is 10.6. The molecule has 0 aliphatic heterocycles. The lowest BCUT2D eigenvalue weighted by Crippen LogP contribution is -1.90. The molecule has 0 aromatic heterocycles. The smallest absolute Gasteiger partial charge is 0.0463 e. The van der Waals surface area contributed by atoms with Gasteiger partial charge in [0, 0.05) is 20.8 Å². The first kappa shape index (κ1) is 11.7.